The van der Waals surface area contributed by atoms with Crippen molar-refractivity contribution >= 4 is 47.4 Å². The van der Waals surface area contributed by atoms with Crippen LogP contribution in [0.4, 0.5) is 4.79 Å². The van der Waals surface area contributed by atoms with Crippen LogP contribution in [0, 0.1) is 11.8 Å². The van der Waals surface area contributed by atoms with Crippen LogP contribution >= 0.6 is 23.5 Å². The summed E-state index contributed by atoms with van der Waals surface area (Å²) in [6, 6.07) is 12.6. The lowest BCUT2D eigenvalue weighted by atomic mass is 9.76. The van der Waals surface area contributed by atoms with Gasteiger partial charge in [-0.2, -0.15) is 0 Å². The number of carboxylic acid groups (broad SMARTS) is 1. The van der Waals surface area contributed by atoms with Gasteiger partial charge in [0, 0.05) is 22.9 Å². The Morgan fingerprint density at radius 2 is 1.79 bits per heavy atom. The van der Waals surface area contributed by atoms with Crippen LogP contribution < -0.4 is 15.4 Å². The van der Waals surface area contributed by atoms with Crippen LogP contribution in [0.25, 0.3) is 0 Å². The molecule has 4 atom stereocenters. The fourth-order valence-corrected chi connectivity index (χ4v) is 8.27. The number of hydrogen-bond donors (Lipinski definition) is 4. The van der Waals surface area contributed by atoms with Crippen LogP contribution in [0.1, 0.15) is 100.0 Å². The van der Waals surface area contributed by atoms with Crippen LogP contribution in [-0.4, -0.2) is 46.8 Å². The molecule has 0 aromatic heterocycles. The molecular weight excluding hydrogens is 638 g/mol. The summed E-state index contributed by atoms with van der Waals surface area (Å²) in [4.78, 5) is 51.4. The standard InChI is InChI=1S/C36H46ClN3O6S/c1-36(2,27-12-7-13-28(37)21-27)31(25-15-14-23-10-6-11-24(23)19-25)46-35(45)40-47-30(18-22-8-4-3-5-9-22)33(42)39-29(34(43)44)20-26-16-17-38-32(26)41/h7,12-15,19,21-22,26,29-31H,3-6,8-11,16-18,20H2,1-2H3,(H,38,41)(H,39,42)(H,40,45)(H,43,44)/t26-,29-,30-,31?/m0/s1. The van der Waals surface area contributed by atoms with Crippen molar-refractivity contribution in [3.05, 3.63) is 69.7 Å². The molecule has 3 amide bonds. The van der Waals surface area contributed by atoms with E-state index in [0.29, 0.717) is 24.4 Å². The second kappa shape index (κ2) is 15.8. The molecule has 47 heavy (non-hydrogen) atoms. The molecule has 1 saturated carbocycles. The number of fused-ring (bicyclic) bond motifs is 1. The summed E-state index contributed by atoms with van der Waals surface area (Å²) in [6.07, 6.45) is 8.09. The molecule has 11 heteroatoms. The van der Waals surface area contributed by atoms with Crippen LogP contribution in [0.5, 0.6) is 0 Å². The monoisotopic (exact) mass is 683 g/mol. The number of carboxylic acids is 1. The number of amides is 3. The number of benzene rings is 2. The van der Waals surface area contributed by atoms with Crippen molar-refractivity contribution in [1.29, 1.82) is 0 Å². The highest BCUT2D eigenvalue weighted by atomic mass is 35.5. The smallest absolute Gasteiger partial charge is 0.417 e. The van der Waals surface area contributed by atoms with Crippen LogP contribution in [0.3, 0.4) is 0 Å². The summed E-state index contributed by atoms with van der Waals surface area (Å²) in [5.74, 6) is -2.03. The number of hydrogen-bond acceptors (Lipinski definition) is 6. The van der Waals surface area contributed by atoms with Crippen LogP contribution in [0.2, 0.25) is 5.02 Å². The summed E-state index contributed by atoms with van der Waals surface area (Å²) in [5.41, 5.74) is 3.73. The highest BCUT2D eigenvalue weighted by molar-refractivity contribution is 7.99. The molecule has 0 spiro atoms. The molecule has 1 aliphatic heterocycles. The molecule has 2 aromatic carbocycles. The average Bonchev–Trinajstić information content (AvgIpc) is 3.69. The van der Waals surface area contributed by atoms with Crippen molar-refractivity contribution < 1.29 is 29.0 Å². The molecule has 5 rings (SSSR count). The fourth-order valence-electron chi connectivity index (χ4n) is 7.25. The average molecular weight is 684 g/mol. The van der Waals surface area contributed by atoms with Crippen molar-refractivity contribution in [3.8, 4) is 0 Å². The molecule has 9 nitrogen and oxygen atoms in total. The minimum atomic E-state index is -1.21. The Balaban J connectivity index is 1.32. The van der Waals surface area contributed by atoms with Gasteiger partial charge < -0.3 is 20.5 Å². The number of aryl methyl sites for hydroxylation is 2. The Kier molecular flexibility index (Phi) is 11.8. The molecule has 1 unspecified atom stereocenters. The lowest BCUT2D eigenvalue weighted by molar-refractivity contribution is -0.142. The van der Waals surface area contributed by atoms with E-state index in [0.717, 1.165) is 74.4 Å². The third-order valence-electron chi connectivity index (χ3n) is 10.0. The Morgan fingerprint density at radius 1 is 1.02 bits per heavy atom. The third-order valence-corrected chi connectivity index (χ3v) is 11.2. The van der Waals surface area contributed by atoms with E-state index in [9.17, 15) is 24.3 Å². The molecule has 1 heterocycles. The number of carbonyl (C=O) groups excluding carboxylic acids is 3. The zero-order valence-corrected chi connectivity index (χ0v) is 28.8. The van der Waals surface area contributed by atoms with Crippen LogP contribution in [-0.2, 0) is 37.4 Å². The van der Waals surface area contributed by atoms with E-state index in [1.165, 1.54) is 11.1 Å². The zero-order valence-electron chi connectivity index (χ0n) is 27.2. The van der Waals surface area contributed by atoms with Crippen LogP contribution in [0.15, 0.2) is 42.5 Å². The van der Waals surface area contributed by atoms with Gasteiger partial charge in [0.25, 0.3) is 0 Å². The van der Waals surface area contributed by atoms with E-state index in [-0.39, 0.29) is 18.2 Å². The maximum atomic E-state index is 13.6. The number of rotatable bonds is 13. The van der Waals surface area contributed by atoms with Gasteiger partial charge in [-0.3, -0.25) is 14.3 Å². The second-order valence-electron chi connectivity index (χ2n) is 13.8. The predicted molar refractivity (Wildman–Crippen MR) is 183 cm³/mol. The third kappa shape index (κ3) is 9.02. The largest absolute Gasteiger partial charge is 0.480 e. The number of halogens is 1. The normalized spacial score (nSPS) is 20.1. The second-order valence-corrected chi connectivity index (χ2v) is 15.2. The Bertz CT molecular complexity index is 1460. The highest BCUT2D eigenvalue weighted by Gasteiger charge is 2.38. The van der Waals surface area contributed by atoms with Crippen molar-refractivity contribution in [3.63, 3.8) is 0 Å². The molecule has 2 fully saturated rings. The molecule has 0 bridgehead atoms. The number of carbonyl (C=O) groups is 4. The van der Waals surface area contributed by atoms with Crippen molar-refractivity contribution in [1.82, 2.24) is 15.4 Å². The summed E-state index contributed by atoms with van der Waals surface area (Å²) in [6.45, 7) is 4.54. The first kappa shape index (κ1) is 35.1. The maximum Gasteiger partial charge on any atom is 0.417 e. The van der Waals surface area contributed by atoms with Gasteiger partial charge >= 0.3 is 12.1 Å². The topological polar surface area (TPSA) is 134 Å². The maximum absolute atomic E-state index is 13.6. The summed E-state index contributed by atoms with van der Waals surface area (Å²) >= 11 is 7.33. The number of ether oxygens (including phenoxy) is 1. The number of nitrogens with one attached hydrogen (secondary N) is 3. The van der Waals surface area contributed by atoms with E-state index in [1.807, 2.05) is 44.2 Å². The summed E-state index contributed by atoms with van der Waals surface area (Å²) < 4.78 is 8.99. The first-order valence-electron chi connectivity index (χ1n) is 16.8. The van der Waals surface area contributed by atoms with E-state index in [2.05, 4.69) is 27.5 Å². The fraction of sp³-hybridized carbons (Fsp3) is 0.556. The lowest BCUT2D eigenvalue weighted by Crippen LogP contribution is -2.47. The number of aliphatic carboxylic acids is 1. The minimum absolute atomic E-state index is 0.0181. The first-order chi connectivity index (χ1) is 22.5. The van der Waals surface area contributed by atoms with E-state index in [1.54, 1.807) is 0 Å². The van der Waals surface area contributed by atoms with Gasteiger partial charge in [-0.25, -0.2) is 9.59 Å². The Labute approximate surface area is 286 Å². The van der Waals surface area contributed by atoms with E-state index >= 15 is 0 Å². The molecule has 2 aromatic rings. The minimum Gasteiger partial charge on any atom is -0.480 e. The quantitative estimate of drug-likeness (QED) is 0.174. The van der Waals surface area contributed by atoms with Gasteiger partial charge in [-0.1, -0.05) is 87.9 Å². The lowest BCUT2D eigenvalue weighted by Gasteiger charge is -2.35. The molecule has 3 aliphatic rings. The molecule has 2 aliphatic carbocycles. The predicted octanol–water partition coefficient (Wildman–Crippen LogP) is 6.66. The molecule has 254 valence electrons. The van der Waals surface area contributed by atoms with Gasteiger partial charge in [0.2, 0.25) is 11.8 Å². The summed E-state index contributed by atoms with van der Waals surface area (Å²) in [7, 11) is 0. The van der Waals surface area contributed by atoms with E-state index in [4.69, 9.17) is 16.3 Å². The SMILES string of the molecule is CC(C)(c1cccc(Cl)c1)C(OC(=O)NS[C@@H](CC1CCCCC1)C(=O)N[C@@H](C[C@@H]1CCNC1=O)C(=O)O)c1ccc2c(c1)CCC2. The summed E-state index contributed by atoms with van der Waals surface area (Å²) in [5, 5.41) is 15.1. The van der Waals surface area contributed by atoms with Crippen molar-refractivity contribution in [2.75, 3.05) is 6.54 Å². The van der Waals surface area contributed by atoms with E-state index < -0.39 is 46.7 Å². The molecule has 0 radical (unpaired) electrons. The molecule has 1 saturated heterocycles. The van der Waals surface area contributed by atoms with Gasteiger partial charge in [0.15, 0.2) is 0 Å². The molecular formula is C36H46ClN3O6S. The first-order valence-corrected chi connectivity index (χ1v) is 18.1. The molecule has 4 N–H and O–H groups in total. The van der Waals surface area contributed by atoms with Gasteiger partial charge in [-0.05, 0) is 90.8 Å². The zero-order chi connectivity index (χ0) is 33.6. The highest BCUT2D eigenvalue weighted by Crippen LogP contribution is 2.42. The van der Waals surface area contributed by atoms with Gasteiger partial charge in [0.05, 0.1) is 0 Å². The van der Waals surface area contributed by atoms with Gasteiger partial charge in [-0.15, -0.1) is 0 Å². The van der Waals surface area contributed by atoms with Gasteiger partial charge in [0.1, 0.15) is 17.4 Å². The Hall–Kier alpha value is -3.24. The Morgan fingerprint density at radius 3 is 2.49 bits per heavy atom. The van der Waals surface area contributed by atoms with Crippen molar-refractivity contribution in [2.24, 2.45) is 11.8 Å². The van der Waals surface area contributed by atoms with Crippen molar-refractivity contribution in [2.45, 2.75) is 107 Å².